The zero-order valence-electron chi connectivity index (χ0n) is 9.23. The van der Waals surface area contributed by atoms with Crippen LogP contribution >= 0.6 is 0 Å². The lowest BCUT2D eigenvalue weighted by Crippen LogP contribution is -2.32. The molecule has 3 nitrogen and oxygen atoms in total. The van der Waals surface area contributed by atoms with Crippen molar-refractivity contribution in [3.05, 3.63) is 0 Å². The number of likely N-dealkylation sites (N-methyl/N-ethyl adjacent to an activating group) is 1. The first-order valence-electron chi connectivity index (χ1n) is 5.05. The maximum absolute atomic E-state index is 11.6. The summed E-state index contributed by atoms with van der Waals surface area (Å²) >= 11 is 0. The van der Waals surface area contributed by atoms with Gasteiger partial charge in [-0.2, -0.15) is 0 Å². The molecule has 0 bridgehead atoms. The van der Waals surface area contributed by atoms with Crippen molar-refractivity contribution in [2.75, 3.05) is 39.8 Å². The lowest BCUT2D eigenvalue weighted by Gasteiger charge is -2.17. The minimum absolute atomic E-state index is 0.285. The highest BCUT2D eigenvalue weighted by Gasteiger charge is 2.28. The normalized spacial score (nSPS) is 12.4. The molecule has 0 aliphatic carbocycles. The van der Waals surface area contributed by atoms with Gasteiger partial charge in [0, 0.05) is 19.6 Å². The molecule has 0 saturated carbocycles. The van der Waals surface area contributed by atoms with Crippen LogP contribution in [0.15, 0.2) is 0 Å². The predicted molar refractivity (Wildman–Crippen MR) is 52.7 cm³/mol. The van der Waals surface area contributed by atoms with Gasteiger partial charge in [0.05, 0.1) is 6.61 Å². The Kier molecular flexibility index (Phi) is 7.72. The number of alkyl halides is 3. The van der Waals surface area contributed by atoms with Gasteiger partial charge in [-0.25, -0.2) is 0 Å². The molecule has 15 heavy (non-hydrogen) atoms. The molecule has 0 radical (unpaired) electrons. The molecule has 0 atom stereocenters. The highest BCUT2D eigenvalue weighted by molar-refractivity contribution is 4.54. The fraction of sp³-hybridized carbons (Fsp3) is 1.00. The van der Waals surface area contributed by atoms with E-state index in [1.807, 2.05) is 0 Å². The van der Waals surface area contributed by atoms with Crippen molar-refractivity contribution < 1.29 is 17.9 Å². The van der Waals surface area contributed by atoms with E-state index in [1.54, 1.807) is 11.9 Å². The maximum atomic E-state index is 11.6. The van der Waals surface area contributed by atoms with Crippen molar-refractivity contribution in [1.82, 2.24) is 10.2 Å². The average Bonchev–Trinajstić information content (AvgIpc) is 2.10. The van der Waals surface area contributed by atoms with E-state index in [0.717, 1.165) is 26.1 Å². The third kappa shape index (κ3) is 11.6. The second kappa shape index (κ2) is 7.90. The minimum Gasteiger partial charge on any atom is -0.315 e. The number of rotatable bonds is 8. The Hall–Kier alpha value is -0.330. The summed E-state index contributed by atoms with van der Waals surface area (Å²) in [6.07, 6.45) is -3.46. The molecule has 1 N–H and O–H groups in total. The molecule has 0 aromatic carbocycles. The Labute approximate surface area is 88.6 Å². The van der Waals surface area contributed by atoms with Gasteiger partial charge in [0.15, 0.2) is 0 Å². The number of nitrogens with zero attached hydrogens (tertiary/aromatic N) is 1. The monoisotopic (exact) mass is 228 g/mol. The summed E-state index contributed by atoms with van der Waals surface area (Å²) in [6, 6.07) is 0. The molecule has 92 valence electrons. The molecule has 0 heterocycles. The highest BCUT2D eigenvalue weighted by atomic mass is 19.4. The van der Waals surface area contributed by atoms with Gasteiger partial charge in [-0.15, -0.1) is 13.2 Å². The van der Waals surface area contributed by atoms with E-state index in [-0.39, 0.29) is 13.2 Å². The number of ether oxygens (including phenoxy) is 1. The lowest BCUT2D eigenvalue weighted by atomic mass is 10.4. The number of hydrogen-bond donors (Lipinski definition) is 1. The Morgan fingerprint density at radius 2 is 1.87 bits per heavy atom. The second-order valence-electron chi connectivity index (χ2n) is 3.35. The number of nitrogens with one attached hydrogen (secondary N) is 1. The lowest BCUT2D eigenvalue weighted by molar-refractivity contribution is -0.324. The molecule has 6 heteroatoms. The van der Waals surface area contributed by atoms with Crippen molar-refractivity contribution in [1.29, 1.82) is 0 Å². The van der Waals surface area contributed by atoms with E-state index < -0.39 is 6.36 Å². The first kappa shape index (κ1) is 14.7. The summed E-state index contributed by atoms with van der Waals surface area (Å²) in [6.45, 7) is 4.49. The van der Waals surface area contributed by atoms with E-state index in [0.29, 0.717) is 0 Å². The first-order chi connectivity index (χ1) is 6.95. The van der Waals surface area contributed by atoms with Crippen molar-refractivity contribution in [3.8, 4) is 0 Å². The molecule has 0 fully saturated rings. The number of halogens is 3. The molecule has 0 aliphatic heterocycles. The Balaban J connectivity index is 3.29. The summed E-state index contributed by atoms with van der Waals surface area (Å²) in [7, 11) is 1.77. The molecule has 0 rings (SSSR count). The van der Waals surface area contributed by atoms with Gasteiger partial charge < -0.3 is 10.2 Å². The van der Waals surface area contributed by atoms with Crippen LogP contribution in [0, 0.1) is 0 Å². The van der Waals surface area contributed by atoms with Crippen LogP contribution in [0.1, 0.15) is 13.3 Å². The largest absolute Gasteiger partial charge is 0.522 e. The van der Waals surface area contributed by atoms with Crippen molar-refractivity contribution >= 4 is 0 Å². The Morgan fingerprint density at radius 3 is 2.40 bits per heavy atom. The van der Waals surface area contributed by atoms with Crippen LogP contribution in [0.25, 0.3) is 0 Å². The van der Waals surface area contributed by atoms with Crippen LogP contribution in [0.2, 0.25) is 0 Å². The summed E-state index contributed by atoms with van der Waals surface area (Å²) in [4.78, 5) is 1.80. The molecular weight excluding hydrogens is 209 g/mol. The topological polar surface area (TPSA) is 24.5 Å². The SMILES string of the molecule is CCCNCCN(C)CCOC(F)(F)F. The molecule has 0 unspecified atom stereocenters. The number of hydrogen-bond acceptors (Lipinski definition) is 3. The van der Waals surface area contributed by atoms with Gasteiger partial charge in [0.2, 0.25) is 0 Å². The smallest absolute Gasteiger partial charge is 0.315 e. The van der Waals surface area contributed by atoms with E-state index >= 15 is 0 Å². The van der Waals surface area contributed by atoms with Crippen molar-refractivity contribution in [3.63, 3.8) is 0 Å². The third-order valence-electron chi connectivity index (χ3n) is 1.84. The second-order valence-corrected chi connectivity index (χ2v) is 3.35. The van der Waals surface area contributed by atoms with Crippen LogP contribution in [0.3, 0.4) is 0 Å². The Bertz CT molecular complexity index is 153. The van der Waals surface area contributed by atoms with Crippen LogP contribution in [-0.2, 0) is 4.74 Å². The summed E-state index contributed by atoms with van der Waals surface area (Å²) < 4.78 is 38.5. The molecule has 0 aliphatic rings. The molecular formula is C9H19F3N2O. The molecule has 0 spiro atoms. The van der Waals surface area contributed by atoms with Crippen LogP contribution in [0.5, 0.6) is 0 Å². The van der Waals surface area contributed by atoms with Gasteiger partial charge in [-0.1, -0.05) is 6.92 Å². The first-order valence-corrected chi connectivity index (χ1v) is 5.05. The zero-order chi connectivity index (χ0) is 11.7. The fourth-order valence-electron chi connectivity index (χ4n) is 1.00. The molecule has 0 aromatic rings. The van der Waals surface area contributed by atoms with E-state index in [9.17, 15) is 13.2 Å². The van der Waals surface area contributed by atoms with Crippen LogP contribution in [0.4, 0.5) is 13.2 Å². The quantitative estimate of drug-likeness (QED) is 0.636. The zero-order valence-corrected chi connectivity index (χ0v) is 9.23. The van der Waals surface area contributed by atoms with Crippen LogP contribution in [-0.4, -0.2) is 51.1 Å². The Morgan fingerprint density at radius 1 is 1.20 bits per heavy atom. The van der Waals surface area contributed by atoms with Crippen LogP contribution < -0.4 is 5.32 Å². The van der Waals surface area contributed by atoms with E-state index in [1.165, 1.54) is 0 Å². The minimum atomic E-state index is -4.51. The highest BCUT2D eigenvalue weighted by Crippen LogP contribution is 2.15. The predicted octanol–water partition coefficient (Wildman–Crippen LogP) is 1.45. The summed E-state index contributed by atoms with van der Waals surface area (Å²) in [5.41, 5.74) is 0. The van der Waals surface area contributed by atoms with Gasteiger partial charge >= 0.3 is 6.36 Å². The molecule has 0 amide bonds. The molecule has 0 saturated heterocycles. The van der Waals surface area contributed by atoms with E-state index in [2.05, 4.69) is 17.0 Å². The van der Waals surface area contributed by atoms with Gasteiger partial charge in [-0.05, 0) is 20.0 Å². The van der Waals surface area contributed by atoms with Gasteiger partial charge in [0.25, 0.3) is 0 Å². The summed E-state index contributed by atoms with van der Waals surface area (Å²) in [5, 5.41) is 3.17. The van der Waals surface area contributed by atoms with Crippen molar-refractivity contribution in [2.24, 2.45) is 0 Å². The fourth-order valence-corrected chi connectivity index (χ4v) is 1.00. The standard InChI is InChI=1S/C9H19F3N2O/c1-3-4-13-5-6-14(2)7-8-15-9(10,11)12/h13H,3-8H2,1-2H3. The van der Waals surface area contributed by atoms with Gasteiger partial charge in [-0.3, -0.25) is 4.74 Å². The average molecular weight is 228 g/mol. The van der Waals surface area contributed by atoms with Crippen molar-refractivity contribution in [2.45, 2.75) is 19.7 Å². The molecule has 0 aromatic heterocycles. The maximum Gasteiger partial charge on any atom is 0.522 e. The van der Waals surface area contributed by atoms with Gasteiger partial charge in [0.1, 0.15) is 0 Å². The third-order valence-corrected chi connectivity index (χ3v) is 1.84. The summed E-state index contributed by atoms with van der Waals surface area (Å²) in [5.74, 6) is 0. The van der Waals surface area contributed by atoms with E-state index in [4.69, 9.17) is 0 Å².